The van der Waals surface area contributed by atoms with Gasteiger partial charge in [-0.15, -0.1) is 5.10 Å². The molecule has 1 aromatic carbocycles. The van der Waals surface area contributed by atoms with Crippen LogP contribution in [0.4, 0.5) is 8.78 Å². The summed E-state index contributed by atoms with van der Waals surface area (Å²) in [6.45, 7) is 4.14. The molecule has 1 heterocycles. The zero-order valence-corrected chi connectivity index (χ0v) is 11.0. The maximum absolute atomic E-state index is 12.5. The lowest BCUT2D eigenvalue weighted by Crippen LogP contribution is -2.01. The number of hydrogen-bond acceptors (Lipinski definition) is 3. The number of nitrogens with zero attached hydrogens (tertiary/aromatic N) is 3. The van der Waals surface area contributed by atoms with Gasteiger partial charge in [-0.05, 0) is 23.6 Å². The molecule has 4 nitrogen and oxygen atoms in total. The van der Waals surface area contributed by atoms with E-state index in [9.17, 15) is 8.78 Å². The summed E-state index contributed by atoms with van der Waals surface area (Å²) in [4.78, 5) is 3.57. The van der Waals surface area contributed by atoms with E-state index in [4.69, 9.17) is 4.74 Å². The molecular weight excluding hydrogens is 252 g/mol. The Bertz CT molecular complexity index is 567. The average molecular weight is 267 g/mol. The lowest BCUT2D eigenvalue weighted by Gasteiger charge is -2.12. The Balaban J connectivity index is 2.43. The van der Waals surface area contributed by atoms with E-state index < -0.39 is 12.2 Å². The van der Waals surface area contributed by atoms with Crippen LogP contribution in [0.1, 0.15) is 37.6 Å². The molecule has 0 saturated carbocycles. The number of halogens is 2. The summed E-state index contributed by atoms with van der Waals surface area (Å²) in [5.74, 6) is 0.447. The van der Waals surface area contributed by atoms with Crippen LogP contribution in [0.3, 0.4) is 0 Å². The number of methoxy groups -OCH3 is 1. The molecule has 0 aliphatic carbocycles. The number of aromatic nitrogens is 3. The molecule has 6 heteroatoms. The van der Waals surface area contributed by atoms with Crippen LogP contribution >= 0.6 is 0 Å². The molecule has 19 heavy (non-hydrogen) atoms. The van der Waals surface area contributed by atoms with E-state index in [1.54, 1.807) is 6.07 Å². The lowest BCUT2D eigenvalue weighted by atomic mass is 10.0. The molecule has 0 radical (unpaired) electrons. The van der Waals surface area contributed by atoms with Crippen molar-refractivity contribution in [2.75, 3.05) is 7.11 Å². The molecule has 0 aliphatic heterocycles. The van der Waals surface area contributed by atoms with Gasteiger partial charge in [-0.1, -0.05) is 19.9 Å². The molecular formula is C13H15F2N3O. The summed E-state index contributed by atoms with van der Waals surface area (Å²) < 4.78 is 31.5. The smallest absolute Gasteiger partial charge is 0.299 e. The maximum Gasteiger partial charge on any atom is 0.299 e. The Morgan fingerprint density at radius 3 is 2.53 bits per heavy atom. The quantitative estimate of drug-likeness (QED) is 0.853. The summed E-state index contributed by atoms with van der Waals surface area (Å²) in [6.07, 6.45) is -1.42. The highest BCUT2D eigenvalue weighted by Gasteiger charge is 2.15. The molecule has 0 bridgehead atoms. The molecule has 0 fully saturated rings. The minimum atomic E-state index is -2.68. The van der Waals surface area contributed by atoms with Crippen LogP contribution in [0.2, 0.25) is 0 Å². The highest BCUT2D eigenvalue weighted by molar-refractivity contribution is 5.48. The van der Waals surface area contributed by atoms with E-state index in [0.29, 0.717) is 17.4 Å². The van der Waals surface area contributed by atoms with Crippen LogP contribution in [-0.4, -0.2) is 21.9 Å². The second kappa shape index (κ2) is 5.34. The van der Waals surface area contributed by atoms with Crippen molar-refractivity contribution >= 4 is 0 Å². The van der Waals surface area contributed by atoms with Crippen molar-refractivity contribution in [3.8, 4) is 11.4 Å². The van der Waals surface area contributed by atoms with Crippen LogP contribution in [-0.2, 0) is 0 Å². The number of rotatable bonds is 4. The monoisotopic (exact) mass is 267 g/mol. The Kier molecular flexibility index (Phi) is 3.78. The first-order valence-electron chi connectivity index (χ1n) is 5.91. The van der Waals surface area contributed by atoms with Gasteiger partial charge in [0.2, 0.25) is 5.82 Å². The molecule has 0 N–H and O–H groups in total. The highest BCUT2D eigenvalue weighted by Crippen LogP contribution is 2.27. The van der Waals surface area contributed by atoms with Gasteiger partial charge in [0, 0.05) is 0 Å². The van der Waals surface area contributed by atoms with Crippen molar-refractivity contribution in [2.24, 2.45) is 0 Å². The second-order valence-electron chi connectivity index (χ2n) is 4.43. The molecule has 2 aromatic rings. The van der Waals surface area contributed by atoms with Crippen molar-refractivity contribution in [2.45, 2.75) is 26.2 Å². The first-order valence-corrected chi connectivity index (χ1v) is 5.91. The third kappa shape index (κ3) is 2.72. The third-order valence-electron chi connectivity index (χ3n) is 2.82. The Morgan fingerprint density at radius 2 is 2.00 bits per heavy atom. The standard InChI is InChI=1S/C13H15F2N3O/c1-8(2)9-4-5-10(11(6-9)19-3)18-7-16-13(17-18)12(14)15/h4-8,12H,1-3H3. The normalized spacial score (nSPS) is 11.3. The Labute approximate surface area is 110 Å². The van der Waals surface area contributed by atoms with Crippen molar-refractivity contribution in [1.82, 2.24) is 14.8 Å². The van der Waals surface area contributed by atoms with E-state index in [1.807, 2.05) is 12.1 Å². The predicted molar refractivity (Wildman–Crippen MR) is 67.0 cm³/mol. The summed E-state index contributed by atoms with van der Waals surface area (Å²) in [7, 11) is 1.54. The first-order chi connectivity index (χ1) is 9.02. The average Bonchev–Trinajstić information content (AvgIpc) is 2.87. The van der Waals surface area contributed by atoms with E-state index in [2.05, 4.69) is 23.9 Å². The first kappa shape index (κ1) is 13.5. The molecule has 1 aromatic heterocycles. The number of ether oxygens (including phenoxy) is 1. The predicted octanol–water partition coefficient (Wildman–Crippen LogP) is 3.34. The van der Waals surface area contributed by atoms with Crippen molar-refractivity contribution < 1.29 is 13.5 Å². The largest absolute Gasteiger partial charge is 0.494 e. The van der Waals surface area contributed by atoms with Gasteiger partial charge in [0.1, 0.15) is 17.8 Å². The van der Waals surface area contributed by atoms with E-state index in [0.717, 1.165) is 5.56 Å². The Morgan fingerprint density at radius 1 is 1.26 bits per heavy atom. The summed E-state index contributed by atoms with van der Waals surface area (Å²) in [5, 5.41) is 3.74. The van der Waals surface area contributed by atoms with Crippen LogP contribution in [0, 0.1) is 0 Å². The van der Waals surface area contributed by atoms with Gasteiger partial charge < -0.3 is 4.74 Å². The zero-order chi connectivity index (χ0) is 14.0. The van der Waals surface area contributed by atoms with E-state index in [-0.39, 0.29) is 0 Å². The SMILES string of the molecule is COc1cc(C(C)C)ccc1-n1cnc(C(F)F)n1. The molecule has 0 amide bonds. The van der Waals surface area contributed by atoms with Gasteiger partial charge in [0.15, 0.2) is 0 Å². The molecule has 0 spiro atoms. The summed E-state index contributed by atoms with van der Waals surface area (Å²) in [5.41, 5.74) is 1.70. The van der Waals surface area contributed by atoms with Crippen LogP contribution < -0.4 is 4.74 Å². The van der Waals surface area contributed by atoms with E-state index in [1.165, 1.54) is 18.1 Å². The fourth-order valence-electron chi connectivity index (χ4n) is 1.73. The van der Waals surface area contributed by atoms with Crippen molar-refractivity contribution in [3.63, 3.8) is 0 Å². The fourth-order valence-corrected chi connectivity index (χ4v) is 1.73. The van der Waals surface area contributed by atoms with E-state index >= 15 is 0 Å². The van der Waals surface area contributed by atoms with Gasteiger partial charge in [-0.2, -0.15) is 0 Å². The van der Waals surface area contributed by atoms with Gasteiger partial charge in [-0.3, -0.25) is 0 Å². The van der Waals surface area contributed by atoms with Gasteiger partial charge >= 0.3 is 0 Å². The highest BCUT2D eigenvalue weighted by atomic mass is 19.3. The topological polar surface area (TPSA) is 39.9 Å². The van der Waals surface area contributed by atoms with Crippen LogP contribution in [0.5, 0.6) is 5.75 Å². The van der Waals surface area contributed by atoms with Gasteiger partial charge in [-0.25, -0.2) is 18.4 Å². The van der Waals surface area contributed by atoms with Crippen LogP contribution in [0.25, 0.3) is 5.69 Å². The molecule has 0 atom stereocenters. The minimum absolute atomic E-state index is 0.357. The number of hydrogen-bond donors (Lipinski definition) is 0. The van der Waals surface area contributed by atoms with Crippen LogP contribution in [0.15, 0.2) is 24.5 Å². The lowest BCUT2D eigenvalue weighted by molar-refractivity contribution is 0.140. The molecule has 2 rings (SSSR count). The number of benzene rings is 1. The van der Waals surface area contributed by atoms with Crippen molar-refractivity contribution in [3.05, 3.63) is 35.9 Å². The Hall–Kier alpha value is -1.98. The fraction of sp³-hybridized carbons (Fsp3) is 0.385. The molecule has 0 saturated heterocycles. The third-order valence-corrected chi connectivity index (χ3v) is 2.82. The maximum atomic E-state index is 12.5. The second-order valence-corrected chi connectivity index (χ2v) is 4.43. The number of alkyl halides is 2. The van der Waals surface area contributed by atoms with Gasteiger partial charge in [0.25, 0.3) is 6.43 Å². The van der Waals surface area contributed by atoms with Gasteiger partial charge in [0.05, 0.1) is 7.11 Å². The van der Waals surface area contributed by atoms with Crippen molar-refractivity contribution in [1.29, 1.82) is 0 Å². The molecule has 0 unspecified atom stereocenters. The molecule has 0 aliphatic rings. The zero-order valence-electron chi connectivity index (χ0n) is 11.0. The summed E-state index contributed by atoms with van der Waals surface area (Å²) >= 11 is 0. The molecule has 102 valence electrons. The minimum Gasteiger partial charge on any atom is -0.494 e. The summed E-state index contributed by atoms with van der Waals surface area (Å²) in [6, 6.07) is 5.59.